The molecule has 2 aromatic carbocycles. The number of nitrogens with one attached hydrogen (secondary N) is 1. The van der Waals surface area contributed by atoms with Crippen molar-refractivity contribution >= 4 is 16.7 Å². The van der Waals surface area contributed by atoms with E-state index in [2.05, 4.69) is 10.4 Å². The van der Waals surface area contributed by atoms with Crippen LogP contribution in [0.25, 0.3) is 16.5 Å². The van der Waals surface area contributed by atoms with Crippen LogP contribution in [0.3, 0.4) is 0 Å². The highest BCUT2D eigenvalue weighted by Gasteiger charge is 2.29. The number of aryl methyl sites for hydroxylation is 2. The molecule has 8 heteroatoms. The van der Waals surface area contributed by atoms with Crippen molar-refractivity contribution in [2.75, 3.05) is 0 Å². The number of pyridine rings is 1. The molecule has 1 amide bonds. The number of hydrogen-bond acceptors (Lipinski definition) is 3. The highest BCUT2D eigenvalue weighted by molar-refractivity contribution is 6.08. The lowest BCUT2D eigenvalue weighted by Gasteiger charge is -2.17. The van der Waals surface area contributed by atoms with Gasteiger partial charge in [0, 0.05) is 30.9 Å². The number of amides is 1. The Labute approximate surface area is 194 Å². The van der Waals surface area contributed by atoms with Crippen LogP contribution in [-0.4, -0.2) is 20.3 Å². The lowest BCUT2D eigenvalue weighted by Crippen LogP contribution is -2.30. The number of hydrogen-bond donors (Lipinski definition) is 1. The molecule has 5 rings (SSSR count). The third-order valence-corrected chi connectivity index (χ3v) is 6.42. The Balaban J connectivity index is 1.63. The van der Waals surface area contributed by atoms with Gasteiger partial charge in [0.25, 0.3) is 11.5 Å². The summed E-state index contributed by atoms with van der Waals surface area (Å²) in [7, 11) is 1.72. The van der Waals surface area contributed by atoms with Gasteiger partial charge in [-0.15, -0.1) is 0 Å². The Kier molecular flexibility index (Phi) is 5.31. The molecule has 0 aliphatic heterocycles. The third-order valence-electron chi connectivity index (χ3n) is 6.42. The van der Waals surface area contributed by atoms with Crippen molar-refractivity contribution < 1.29 is 13.6 Å². The Hall–Kier alpha value is -3.81. The van der Waals surface area contributed by atoms with Crippen molar-refractivity contribution in [3.05, 3.63) is 92.7 Å². The first kappa shape index (κ1) is 22.0. The second-order valence-corrected chi connectivity index (χ2v) is 8.81. The van der Waals surface area contributed by atoms with E-state index in [1.165, 1.54) is 22.8 Å². The minimum Gasteiger partial charge on any atom is -0.348 e. The number of carbonyl (C=O) groups is 1. The summed E-state index contributed by atoms with van der Waals surface area (Å²) in [6, 6.07) is 9.12. The second-order valence-electron chi connectivity index (χ2n) is 8.81. The Morgan fingerprint density at radius 1 is 1.12 bits per heavy atom. The van der Waals surface area contributed by atoms with E-state index >= 15 is 0 Å². The van der Waals surface area contributed by atoms with Crippen molar-refractivity contribution in [3.63, 3.8) is 0 Å². The number of fused-ring (bicyclic) bond motifs is 1. The van der Waals surface area contributed by atoms with Gasteiger partial charge in [0.2, 0.25) is 0 Å². The van der Waals surface area contributed by atoms with E-state index in [0.717, 1.165) is 18.4 Å². The summed E-state index contributed by atoms with van der Waals surface area (Å²) < 4.78 is 32.2. The molecule has 2 heterocycles. The van der Waals surface area contributed by atoms with Gasteiger partial charge < -0.3 is 5.32 Å². The fraction of sp³-hybridized carbons (Fsp3) is 0.269. The number of benzene rings is 2. The van der Waals surface area contributed by atoms with Gasteiger partial charge in [0.15, 0.2) is 0 Å². The molecular weight excluding hydrogens is 438 g/mol. The highest BCUT2D eigenvalue weighted by atomic mass is 19.1. The highest BCUT2D eigenvalue weighted by Crippen LogP contribution is 2.43. The van der Waals surface area contributed by atoms with E-state index in [1.54, 1.807) is 43.9 Å². The topological polar surface area (TPSA) is 68.9 Å². The zero-order valence-corrected chi connectivity index (χ0v) is 19.2. The maximum Gasteiger partial charge on any atom is 0.266 e. The maximum atomic E-state index is 14.9. The van der Waals surface area contributed by atoms with Crippen molar-refractivity contribution in [3.8, 4) is 5.69 Å². The normalized spacial score (nSPS) is 13.4. The largest absolute Gasteiger partial charge is 0.348 e. The number of aromatic nitrogens is 3. The smallest absolute Gasteiger partial charge is 0.266 e. The fourth-order valence-electron chi connectivity index (χ4n) is 4.73. The van der Waals surface area contributed by atoms with Crippen LogP contribution in [0, 0.1) is 25.5 Å². The molecule has 0 unspecified atom stereocenters. The summed E-state index contributed by atoms with van der Waals surface area (Å²) in [4.78, 5) is 26.8. The van der Waals surface area contributed by atoms with Crippen LogP contribution in [0.5, 0.6) is 0 Å². The molecule has 34 heavy (non-hydrogen) atoms. The molecule has 1 fully saturated rings. The summed E-state index contributed by atoms with van der Waals surface area (Å²) >= 11 is 0. The van der Waals surface area contributed by atoms with Crippen LogP contribution >= 0.6 is 0 Å². The summed E-state index contributed by atoms with van der Waals surface area (Å²) in [6.07, 6.45) is 3.52. The predicted octanol–water partition coefficient (Wildman–Crippen LogP) is 4.43. The lowest BCUT2D eigenvalue weighted by molar-refractivity contribution is 0.0951. The zero-order valence-electron chi connectivity index (χ0n) is 19.2. The molecule has 0 bridgehead atoms. The summed E-state index contributed by atoms with van der Waals surface area (Å²) in [5.41, 5.74) is 2.43. The SMILES string of the molecule is Cc1nn(C)cc1-n1c(C)c(C(=O)NCc2cccc(F)c2C2CC2)c2cccc(F)c2c1=O. The fourth-order valence-corrected chi connectivity index (χ4v) is 4.73. The maximum absolute atomic E-state index is 14.9. The van der Waals surface area contributed by atoms with Crippen LogP contribution < -0.4 is 10.9 Å². The average Bonchev–Trinajstić information content (AvgIpc) is 3.56. The third kappa shape index (κ3) is 3.59. The zero-order chi connectivity index (χ0) is 24.1. The first-order chi connectivity index (χ1) is 16.3. The first-order valence-corrected chi connectivity index (χ1v) is 11.2. The summed E-state index contributed by atoms with van der Waals surface area (Å²) in [5, 5.41) is 7.24. The molecule has 0 radical (unpaired) electrons. The second kappa shape index (κ2) is 8.20. The van der Waals surface area contributed by atoms with Crippen molar-refractivity contribution in [2.24, 2.45) is 7.05 Å². The van der Waals surface area contributed by atoms with Crippen LogP contribution in [0.15, 0.2) is 47.4 Å². The number of carbonyl (C=O) groups excluding carboxylic acids is 1. The van der Waals surface area contributed by atoms with Crippen molar-refractivity contribution in [1.29, 1.82) is 0 Å². The van der Waals surface area contributed by atoms with E-state index in [0.29, 0.717) is 22.6 Å². The Morgan fingerprint density at radius 2 is 1.82 bits per heavy atom. The molecule has 0 spiro atoms. The van der Waals surface area contributed by atoms with Gasteiger partial charge in [-0.1, -0.05) is 24.3 Å². The number of rotatable bonds is 5. The standard InChI is InChI=1S/C26H24F2N4O2/c1-14-21(13-31(3)30-14)32-15(2)22(18-7-5-9-20(28)24(18)26(32)34)25(33)29-12-17-6-4-8-19(27)23(17)16-10-11-16/h4-9,13,16H,10-12H2,1-3H3,(H,29,33). The quantitative estimate of drug-likeness (QED) is 0.477. The van der Waals surface area contributed by atoms with Gasteiger partial charge in [0.1, 0.15) is 11.6 Å². The lowest BCUT2D eigenvalue weighted by atomic mass is 10.0. The van der Waals surface area contributed by atoms with Crippen molar-refractivity contribution in [2.45, 2.75) is 39.2 Å². The molecule has 0 atom stereocenters. The first-order valence-electron chi connectivity index (χ1n) is 11.2. The number of nitrogens with zero attached hydrogens (tertiary/aromatic N) is 3. The van der Waals surface area contributed by atoms with Crippen LogP contribution in [0.1, 0.15) is 51.6 Å². The number of halogens is 2. The van der Waals surface area contributed by atoms with Gasteiger partial charge >= 0.3 is 0 Å². The predicted molar refractivity (Wildman–Crippen MR) is 125 cm³/mol. The van der Waals surface area contributed by atoms with Crippen LogP contribution in [0.4, 0.5) is 8.78 Å². The van der Waals surface area contributed by atoms with Gasteiger partial charge in [-0.3, -0.25) is 18.8 Å². The Morgan fingerprint density at radius 3 is 2.50 bits per heavy atom. The molecule has 1 aliphatic rings. The Bertz CT molecular complexity index is 1520. The van der Waals surface area contributed by atoms with E-state index < -0.39 is 17.3 Å². The summed E-state index contributed by atoms with van der Waals surface area (Å²) in [5.74, 6) is -1.25. The van der Waals surface area contributed by atoms with Crippen molar-refractivity contribution in [1.82, 2.24) is 19.7 Å². The molecule has 1 saturated carbocycles. The van der Waals surface area contributed by atoms with Gasteiger partial charge in [-0.25, -0.2) is 8.78 Å². The van der Waals surface area contributed by atoms with Crippen LogP contribution in [-0.2, 0) is 13.6 Å². The van der Waals surface area contributed by atoms with Gasteiger partial charge in [0.05, 0.1) is 22.3 Å². The molecule has 174 valence electrons. The summed E-state index contributed by atoms with van der Waals surface area (Å²) in [6.45, 7) is 3.53. The van der Waals surface area contributed by atoms with Crippen LogP contribution in [0.2, 0.25) is 0 Å². The van der Waals surface area contributed by atoms with Gasteiger partial charge in [-0.2, -0.15) is 5.10 Å². The monoisotopic (exact) mass is 462 g/mol. The molecular formula is C26H24F2N4O2. The molecule has 0 saturated heterocycles. The minimum absolute atomic E-state index is 0.129. The minimum atomic E-state index is -0.701. The molecule has 1 N–H and O–H groups in total. The van der Waals surface area contributed by atoms with E-state index in [4.69, 9.17) is 0 Å². The molecule has 4 aromatic rings. The van der Waals surface area contributed by atoms with E-state index in [1.807, 2.05) is 6.07 Å². The molecule has 6 nitrogen and oxygen atoms in total. The van der Waals surface area contributed by atoms with E-state index in [-0.39, 0.29) is 34.6 Å². The van der Waals surface area contributed by atoms with E-state index in [9.17, 15) is 18.4 Å². The van der Waals surface area contributed by atoms with Gasteiger partial charge in [-0.05, 0) is 55.9 Å². The average molecular weight is 463 g/mol. The molecule has 1 aliphatic carbocycles. The molecule has 2 aromatic heterocycles.